The molecule has 1 saturated heterocycles. The summed E-state index contributed by atoms with van der Waals surface area (Å²) in [5, 5.41) is 0.846. The van der Waals surface area contributed by atoms with Gasteiger partial charge in [0, 0.05) is 29.8 Å². The molecule has 1 atom stereocenters. The Kier molecular flexibility index (Phi) is 4.42. The monoisotopic (exact) mass is 280 g/mol. The molecule has 1 fully saturated rings. The van der Waals surface area contributed by atoms with Crippen LogP contribution >= 0.6 is 11.6 Å². The molecule has 1 heterocycles. The maximum atomic E-state index is 6.38. The van der Waals surface area contributed by atoms with Crippen LogP contribution in [0.5, 0.6) is 0 Å². The Morgan fingerprint density at radius 2 is 2.16 bits per heavy atom. The average Bonchev–Trinajstić information content (AvgIpc) is 2.30. The van der Waals surface area contributed by atoms with Gasteiger partial charge in [-0.25, -0.2) is 0 Å². The number of halogens is 1. The highest BCUT2D eigenvalue weighted by atomic mass is 35.5. The van der Waals surface area contributed by atoms with Crippen LogP contribution in [0.4, 0.5) is 5.69 Å². The fourth-order valence-electron chi connectivity index (χ4n) is 3.00. The Hall–Kier alpha value is -0.730. The molecule has 1 aliphatic rings. The fraction of sp³-hybridized carbons (Fsp3) is 0.625. The highest BCUT2D eigenvalue weighted by molar-refractivity contribution is 6.31. The van der Waals surface area contributed by atoms with Crippen molar-refractivity contribution >= 4 is 17.3 Å². The standard InChI is InChI=1S/C16H25ClN2/c1-12(18)10-13-14(17)6-4-7-15(13)19-9-5-8-16(2,3)11-19/h4,6-7,12H,5,8-11,18H2,1-3H3. The third-order valence-corrected chi connectivity index (χ3v) is 4.22. The van der Waals surface area contributed by atoms with Crippen molar-refractivity contribution in [2.45, 2.75) is 46.1 Å². The second kappa shape index (κ2) is 5.72. The van der Waals surface area contributed by atoms with Gasteiger partial charge in [-0.15, -0.1) is 0 Å². The van der Waals surface area contributed by atoms with Crippen molar-refractivity contribution in [3.63, 3.8) is 0 Å². The summed E-state index contributed by atoms with van der Waals surface area (Å²) in [6.07, 6.45) is 3.38. The number of hydrogen-bond acceptors (Lipinski definition) is 2. The van der Waals surface area contributed by atoms with Gasteiger partial charge in [0.15, 0.2) is 0 Å². The molecule has 1 aliphatic heterocycles. The van der Waals surface area contributed by atoms with Gasteiger partial charge in [0.25, 0.3) is 0 Å². The van der Waals surface area contributed by atoms with Crippen LogP contribution in [0.1, 0.15) is 39.2 Å². The number of piperidine rings is 1. The Bertz CT molecular complexity index is 440. The van der Waals surface area contributed by atoms with Crippen LogP contribution < -0.4 is 10.6 Å². The largest absolute Gasteiger partial charge is 0.371 e. The van der Waals surface area contributed by atoms with E-state index in [0.29, 0.717) is 5.41 Å². The topological polar surface area (TPSA) is 29.3 Å². The van der Waals surface area contributed by atoms with Gasteiger partial charge < -0.3 is 10.6 Å². The van der Waals surface area contributed by atoms with Crippen LogP contribution in [0.2, 0.25) is 5.02 Å². The van der Waals surface area contributed by atoms with Gasteiger partial charge in [0.1, 0.15) is 0 Å². The third-order valence-electron chi connectivity index (χ3n) is 3.86. The van der Waals surface area contributed by atoms with E-state index in [1.54, 1.807) is 0 Å². The Morgan fingerprint density at radius 1 is 1.42 bits per heavy atom. The molecule has 3 heteroatoms. The molecule has 1 aromatic rings. The Balaban J connectivity index is 2.30. The van der Waals surface area contributed by atoms with E-state index in [1.165, 1.54) is 24.1 Å². The predicted molar refractivity (Wildman–Crippen MR) is 84.0 cm³/mol. The van der Waals surface area contributed by atoms with Crippen LogP contribution in [-0.2, 0) is 6.42 Å². The van der Waals surface area contributed by atoms with Gasteiger partial charge >= 0.3 is 0 Å². The molecular formula is C16H25ClN2. The van der Waals surface area contributed by atoms with Crippen LogP contribution in [0.25, 0.3) is 0 Å². The molecule has 1 aromatic carbocycles. The van der Waals surface area contributed by atoms with E-state index in [1.807, 2.05) is 19.1 Å². The second-order valence-electron chi connectivity index (χ2n) is 6.61. The lowest BCUT2D eigenvalue weighted by Gasteiger charge is -2.40. The first-order valence-electron chi connectivity index (χ1n) is 7.17. The van der Waals surface area contributed by atoms with Crippen molar-refractivity contribution in [2.24, 2.45) is 11.1 Å². The summed E-state index contributed by atoms with van der Waals surface area (Å²) in [6, 6.07) is 6.34. The smallest absolute Gasteiger partial charge is 0.0459 e. The van der Waals surface area contributed by atoms with E-state index in [-0.39, 0.29) is 6.04 Å². The summed E-state index contributed by atoms with van der Waals surface area (Å²) in [5.41, 5.74) is 8.83. The Labute approximate surface area is 121 Å². The van der Waals surface area contributed by atoms with E-state index < -0.39 is 0 Å². The van der Waals surface area contributed by atoms with Gasteiger partial charge in [-0.2, -0.15) is 0 Å². The summed E-state index contributed by atoms with van der Waals surface area (Å²) in [5.74, 6) is 0. The van der Waals surface area contributed by atoms with Crippen molar-refractivity contribution in [2.75, 3.05) is 18.0 Å². The molecule has 2 nitrogen and oxygen atoms in total. The lowest BCUT2D eigenvalue weighted by molar-refractivity contribution is 0.293. The molecule has 0 aliphatic carbocycles. The van der Waals surface area contributed by atoms with Gasteiger partial charge in [0.05, 0.1) is 0 Å². The predicted octanol–water partition coefficient (Wildman–Crippen LogP) is 3.86. The number of hydrogen-bond donors (Lipinski definition) is 1. The molecule has 19 heavy (non-hydrogen) atoms. The zero-order valence-electron chi connectivity index (χ0n) is 12.2. The van der Waals surface area contributed by atoms with Crippen LogP contribution in [0.3, 0.4) is 0 Å². The maximum absolute atomic E-state index is 6.38. The molecule has 2 rings (SSSR count). The normalized spacial score (nSPS) is 20.4. The van der Waals surface area contributed by atoms with Crippen molar-refractivity contribution in [3.05, 3.63) is 28.8 Å². The zero-order valence-corrected chi connectivity index (χ0v) is 13.0. The van der Waals surface area contributed by atoms with Gasteiger partial charge in [-0.3, -0.25) is 0 Å². The quantitative estimate of drug-likeness (QED) is 0.911. The molecule has 2 N–H and O–H groups in total. The second-order valence-corrected chi connectivity index (χ2v) is 7.02. The summed E-state index contributed by atoms with van der Waals surface area (Å²) in [6.45, 7) is 8.94. The third kappa shape index (κ3) is 3.64. The summed E-state index contributed by atoms with van der Waals surface area (Å²) < 4.78 is 0. The first kappa shape index (κ1) is 14.7. The van der Waals surface area contributed by atoms with Gasteiger partial charge in [0.2, 0.25) is 0 Å². The average molecular weight is 281 g/mol. The van der Waals surface area contributed by atoms with Crippen LogP contribution in [-0.4, -0.2) is 19.1 Å². The molecule has 1 unspecified atom stereocenters. The number of rotatable bonds is 3. The molecule has 0 spiro atoms. The van der Waals surface area contributed by atoms with E-state index >= 15 is 0 Å². The van der Waals surface area contributed by atoms with Gasteiger partial charge in [-0.1, -0.05) is 31.5 Å². The zero-order chi connectivity index (χ0) is 14.0. The van der Waals surface area contributed by atoms with Gasteiger partial charge in [-0.05, 0) is 49.3 Å². The molecule has 106 valence electrons. The molecule has 0 radical (unpaired) electrons. The van der Waals surface area contributed by atoms with E-state index in [2.05, 4.69) is 24.8 Å². The molecule has 0 bridgehead atoms. The first-order valence-corrected chi connectivity index (χ1v) is 7.55. The highest BCUT2D eigenvalue weighted by Gasteiger charge is 2.27. The maximum Gasteiger partial charge on any atom is 0.0459 e. The number of benzene rings is 1. The minimum Gasteiger partial charge on any atom is -0.371 e. The lowest BCUT2D eigenvalue weighted by Crippen LogP contribution is -2.40. The lowest BCUT2D eigenvalue weighted by atomic mass is 9.83. The van der Waals surface area contributed by atoms with Crippen molar-refractivity contribution in [1.82, 2.24) is 0 Å². The molecule has 0 saturated carbocycles. The minimum absolute atomic E-state index is 0.136. The minimum atomic E-state index is 0.136. The molecule has 0 amide bonds. The summed E-state index contributed by atoms with van der Waals surface area (Å²) in [7, 11) is 0. The Morgan fingerprint density at radius 3 is 2.79 bits per heavy atom. The summed E-state index contributed by atoms with van der Waals surface area (Å²) >= 11 is 6.38. The first-order chi connectivity index (χ1) is 8.89. The number of anilines is 1. The fourth-order valence-corrected chi connectivity index (χ4v) is 3.24. The van der Waals surface area contributed by atoms with Crippen molar-refractivity contribution in [1.29, 1.82) is 0 Å². The molecular weight excluding hydrogens is 256 g/mol. The van der Waals surface area contributed by atoms with Crippen LogP contribution in [0, 0.1) is 5.41 Å². The molecule has 0 aromatic heterocycles. The van der Waals surface area contributed by atoms with Crippen molar-refractivity contribution in [3.8, 4) is 0 Å². The number of nitrogens with zero attached hydrogens (tertiary/aromatic N) is 1. The van der Waals surface area contributed by atoms with E-state index in [0.717, 1.165) is 24.5 Å². The van der Waals surface area contributed by atoms with Crippen molar-refractivity contribution < 1.29 is 0 Å². The highest BCUT2D eigenvalue weighted by Crippen LogP contribution is 2.35. The number of nitrogens with two attached hydrogens (primary N) is 1. The summed E-state index contributed by atoms with van der Waals surface area (Å²) in [4.78, 5) is 2.48. The SMILES string of the molecule is CC(N)Cc1c(Cl)cccc1N1CCCC(C)(C)C1. The van der Waals surface area contributed by atoms with Crippen LogP contribution in [0.15, 0.2) is 18.2 Å². The van der Waals surface area contributed by atoms with E-state index in [4.69, 9.17) is 17.3 Å². The van der Waals surface area contributed by atoms with E-state index in [9.17, 15) is 0 Å².